The van der Waals surface area contributed by atoms with Crippen LogP contribution in [0.25, 0.3) is 11.1 Å². The Morgan fingerprint density at radius 1 is 1.04 bits per heavy atom. The second-order valence-electron chi connectivity index (χ2n) is 4.23. The Morgan fingerprint density at radius 3 is 2.26 bits per heavy atom. The maximum atomic E-state index is 12.2. The van der Waals surface area contributed by atoms with Crippen LogP contribution in [0.15, 0.2) is 30.3 Å². The van der Waals surface area contributed by atoms with Crippen molar-refractivity contribution in [1.82, 2.24) is 0 Å². The van der Waals surface area contributed by atoms with E-state index >= 15 is 0 Å². The molecule has 4 nitrogen and oxygen atoms in total. The topological polar surface area (TPSA) is 52.4 Å². The van der Waals surface area contributed by atoms with Crippen LogP contribution in [0.5, 0.6) is 5.75 Å². The molecule has 0 aromatic heterocycles. The number of alkyl halides is 3. The molecule has 2 rings (SSSR count). The smallest absolute Gasteiger partial charge is 0.406 e. The van der Waals surface area contributed by atoms with Gasteiger partial charge >= 0.3 is 6.36 Å². The number of ether oxygens (including phenoxy) is 1. The van der Waals surface area contributed by atoms with Gasteiger partial charge in [-0.2, -0.15) is 0 Å². The summed E-state index contributed by atoms with van der Waals surface area (Å²) in [6, 6.07) is 5.31. The van der Waals surface area contributed by atoms with Gasteiger partial charge in [-0.15, -0.1) is 13.2 Å². The van der Waals surface area contributed by atoms with Crippen LogP contribution in [0.4, 0.5) is 18.9 Å². The molecule has 0 heterocycles. The molecule has 122 valence electrons. The predicted octanol–water partition coefficient (Wildman–Crippen LogP) is 6.12. The number of nitro benzene ring substituents is 1. The quantitative estimate of drug-likeness (QED) is 0.363. The lowest BCUT2D eigenvalue weighted by molar-refractivity contribution is -0.384. The van der Waals surface area contributed by atoms with Gasteiger partial charge in [0.15, 0.2) is 0 Å². The van der Waals surface area contributed by atoms with Crippen molar-refractivity contribution >= 4 is 40.5 Å². The summed E-state index contributed by atoms with van der Waals surface area (Å²) in [6.45, 7) is 0. The highest BCUT2D eigenvalue weighted by Gasteiger charge is 2.32. The molecule has 0 amide bonds. The van der Waals surface area contributed by atoms with E-state index in [9.17, 15) is 23.3 Å². The minimum absolute atomic E-state index is 0.0105. The maximum Gasteiger partial charge on any atom is 0.573 e. The van der Waals surface area contributed by atoms with Crippen molar-refractivity contribution in [2.75, 3.05) is 0 Å². The summed E-state index contributed by atoms with van der Waals surface area (Å²) in [5.41, 5.74) is -0.555. The van der Waals surface area contributed by atoms with Crippen LogP contribution in [0.2, 0.25) is 15.1 Å². The van der Waals surface area contributed by atoms with E-state index in [1.807, 2.05) is 0 Å². The van der Waals surface area contributed by atoms with Gasteiger partial charge in [-0.1, -0.05) is 34.8 Å². The molecule has 23 heavy (non-hydrogen) atoms. The first-order valence-electron chi connectivity index (χ1n) is 5.77. The van der Waals surface area contributed by atoms with Crippen LogP contribution in [-0.2, 0) is 0 Å². The van der Waals surface area contributed by atoms with Crippen LogP contribution in [-0.4, -0.2) is 11.3 Å². The van der Waals surface area contributed by atoms with Crippen molar-refractivity contribution in [3.8, 4) is 16.9 Å². The molecule has 0 N–H and O–H groups in total. The third-order valence-corrected chi connectivity index (χ3v) is 3.70. The van der Waals surface area contributed by atoms with Gasteiger partial charge in [0.05, 0.1) is 26.6 Å². The summed E-state index contributed by atoms with van der Waals surface area (Å²) in [6.07, 6.45) is -4.97. The van der Waals surface area contributed by atoms with Crippen molar-refractivity contribution in [1.29, 1.82) is 0 Å². The molecule has 0 aliphatic carbocycles. The molecule has 0 bridgehead atoms. The number of hydrogen-bond acceptors (Lipinski definition) is 3. The molecule has 0 aliphatic heterocycles. The Labute approximate surface area is 142 Å². The summed E-state index contributed by atoms with van der Waals surface area (Å²) < 4.78 is 40.3. The summed E-state index contributed by atoms with van der Waals surface area (Å²) in [5, 5.41) is 11.4. The van der Waals surface area contributed by atoms with Crippen molar-refractivity contribution in [3.05, 3.63) is 55.5 Å². The van der Waals surface area contributed by atoms with Crippen molar-refractivity contribution in [2.24, 2.45) is 0 Å². The number of hydrogen-bond donors (Lipinski definition) is 0. The van der Waals surface area contributed by atoms with E-state index in [0.29, 0.717) is 6.07 Å². The number of benzene rings is 2. The second-order valence-corrected chi connectivity index (χ2v) is 5.45. The van der Waals surface area contributed by atoms with Gasteiger partial charge in [0.2, 0.25) is 0 Å². The molecular formula is C13H5Cl3F3NO3. The molecule has 0 aliphatic rings. The first-order chi connectivity index (χ1) is 10.6. The first kappa shape index (κ1) is 17.7. The fourth-order valence-corrected chi connectivity index (χ4v) is 2.54. The molecule has 2 aromatic carbocycles. The standard InChI is InChI=1S/C13H5Cl3F3NO3/c14-6-3-9(12(16)10(15)4-6)8-2-1-7(23-13(17,18)19)5-11(8)20(21)22/h1-5H. The van der Waals surface area contributed by atoms with Crippen molar-refractivity contribution in [2.45, 2.75) is 6.36 Å². The molecule has 0 saturated carbocycles. The Hall–Kier alpha value is -1.70. The lowest BCUT2D eigenvalue weighted by atomic mass is 10.0. The molecule has 0 fully saturated rings. The van der Waals surface area contributed by atoms with Gasteiger partial charge in [-0.3, -0.25) is 10.1 Å². The normalized spacial score (nSPS) is 11.4. The molecular weight excluding hydrogens is 382 g/mol. The molecule has 0 atom stereocenters. The van der Waals surface area contributed by atoms with Gasteiger partial charge < -0.3 is 4.74 Å². The van der Waals surface area contributed by atoms with Crippen LogP contribution >= 0.6 is 34.8 Å². The number of halogens is 6. The van der Waals surface area contributed by atoms with E-state index in [-0.39, 0.29) is 26.2 Å². The number of nitro groups is 1. The Bertz CT molecular complexity index is 781. The zero-order valence-electron chi connectivity index (χ0n) is 10.8. The number of rotatable bonds is 3. The molecule has 2 aromatic rings. The number of nitrogens with zero attached hydrogens (tertiary/aromatic N) is 1. The second kappa shape index (κ2) is 6.43. The highest BCUT2D eigenvalue weighted by Crippen LogP contribution is 2.41. The van der Waals surface area contributed by atoms with Crippen LogP contribution < -0.4 is 4.74 Å². The molecule has 0 radical (unpaired) electrons. The van der Waals surface area contributed by atoms with E-state index in [0.717, 1.165) is 12.1 Å². The van der Waals surface area contributed by atoms with E-state index < -0.39 is 22.7 Å². The lowest BCUT2D eigenvalue weighted by Crippen LogP contribution is -2.17. The summed E-state index contributed by atoms with van der Waals surface area (Å²) in [7, 11) is 0. The maximum absolute atomic E-state index is 12.2. The third kappa shape index (κ3) is 4.19. The van der Waals surface area contributed by atoms with Gasteiger partial charge in [0.25, 0.3) is 5.69 Å². The minimum Gasteiger partial charge on any atom is -0.406 e. The fourth-order valence-electron chi connectivity index (χ4n) is 1.84. The molecule has 0 unspecified atom stereocenters. The minimum atomic E-state index is -4.97. The van der Waals surface area contributed by atoms with Crippen molar-refractivity contribution in [3.63, 3.8) is 0 Å². The lowest BCUT2D eigenvalue weighted by Gasteiger charge is -2.11. The Balaban J connectivity index is 2.62. The largest absolute Gasteiger partial charge is 0.573 e. The molecule has 0 spiro atoms. The average molecular weight is 387 g/mol. The average Bonchev–Trinajstić information content (AvgIpc) is 2.41. The molecule has 0 saturated heterocycles. The summed E-state index contributed by atoms with van der Waals surface area (Å²) >= 11 is 17.7. The van der Waals surface area contributed by atoms with E-state index in [1.54, 1.807) is 0 Å². The highest BCUT2D eigenvalue weighted by atomic mass is 35.5. The fraction of sp³-hybridized carbons (Fsp3) is 0.0769. The zero-order valence-corrected chi connectivity index (χ0v) is 13.1. The zero-order chi connectivity index (χ0) is 17.4. The van der Waals surface area contributed by atoms with Gasteiger partial charge in [-0.05, 0) is 24.3 Å². The van der Waals surface area contributed by atoms with Gasteiger partial charge in [-0.25, -0.2) is 0 Å². The highest BCUT2D eigenvalue weighted by molar-refractivity contribution is 6.45. The predicted molar refractivity (Wildman–Crippen MR) is 80.2 cm³/mol. The van der Waals surface area contributed by atoms with Crippen LogP contribution in [0.1, 0.15) is 0 Å². The monoisotopic (exact) mass is 385 g/mol. The SMILES string of the molecule is O=[N+]([O-])c1cc(OC(F)(F)F)ccc1-c1cc(Cl)cc(Cl)c1Cl. The van der Waals surface area contributed by atoms with E-state index in [4.69, 9.17) is 34.8 Å². The Kier molecular flexibility index (Phi) is 4.93. The van der Waals surface area contributed by atoms with Gasteiger partial charge in [0, 0.05) is 10.6 Å². The first-order valence-corrected chi connectivity index (χ1v) is 6.91. The summed E-state index contributed by atoms with van der Waals surface area (Å²) in [4.78, 5) is 10.3. The Morgan fingerprint density at radius 2 is 1.70 bits per heavy atom. The van der Waals surface area contributed by atoms with Crippen molar-refractivity contribution < 1.29 is 22.8 Å². The van der Waals surface area contributed by atoms with E-state index in [1.165, 1.54) is 12.1 Å². The third-order valence-electron chi connectivity index (χ3n) is 2.68. The van der Waals surface area contributed by atoms with Crippen LogP contribution in [0, 0.1) is 10.1 Å². The van der Waals surface area contributed by atoms with Gasteiger partial charge in [0.1, 0.15) is 5.75 Å². The van der Waals surface area contributed by atoms with E-state index in [2.05, 4.69) is 4.74 Å². The summed E-state index contributed by atoms with van der Waals surface area (Å²) in [5.74, 6) is -0.725. The molecule has 10 heteroatoms. The van der Waals surface area contributed by atoms with Crippen LogP contribution in [0.3, 0.4) is 0 Å².